The van der Waals surface area contributed by atoms with Crippen molar-refractivity contribution in [1.82, 2.24) is 4.90 Å². The molecule has 0 bridgehead atoms. The highest BCUT2D eigenvalue weighted by atomic mass is 16.5. The number of carbonyl (C=O) groups excluding carboxylic acids is 3. The summed E-state index contributed by atoms with van der Waals surface area (Å²) in [5, 5.41) is 10.4. The third-order valence-electron chi connectivity index (χ3n) is 12.0. The van der Waals surface area contributed by atoms with Gasteiger partial charge in [0.05, 0.1) is 38.0 Å². The van der Waals surface area contributed by atoms with Gasteiger partial charge in [-0.25, -0.2) is 0 Å². The first-order chi connectivity index (χ1) is 24.5. The van der Waals surface area contributed by atoms with Gasteiger partial charge in [-0.3, -0.25) is 14.4 Å². The maximum absolute atomic E-state index is 14.9. The molecule has 4 aliphatic heterocycles. The van der Waals surface area contributed by atoms with E-state index < -0.39 is 17.1 Å². The van der Waals surface area contributed by atoms with Gasteiger partial charge in [0.25, 0.3) is 5.91 Å². The quantitative estimate of drug-likeness (QED) is 0.281. The Bertz CT molecular complexity index is 1840. The number of anilines is 2. The summed E-state index contributed by atoms with van der Waals surface area (Å²) in [5.41, 5.74) is 3.54. The van der Waals surface area contributed by atoms with E-state index in [1.54, 1.807) is 23.0 Å². The van der Waals surface area contributed by atoms with Crippen LogP contribution in [0.2, 0.25) is 0 Å². The van der Waals surface area contributed by atoms with Gasteiger partial charge in [-0.05, 0) is 71.7 Å². The molecular weight excluding hydrogens is 642 g/mol. The van der Waals surface area contributed by atoms with Crippen LogP contribution in [0.5, 0.6) is 5.75 Å². The second-order valence-electron chi connectivity index (χ2n) is 15.1. The van der Waals surface area contributed by atoms with E-state index in [-0.39, 0.29) is 48.6 Å². The van der Waals surface area contributed by atoms with E-state index in [1.807, 2.05) is 65.6 Å². The van der Waals surface area contributed by atoms with E-state index in [0.29, 0.717) is 32.5 Å². The smallest absolute Gasteiger partial charge is 0.264 e. The van der Waals surface area contributed by atoms with Crippen LogP contribution >= 0.6 is 0 Å². The third kappa shape index (κ3) is 5.75. The molecule has 2 saturated heterocycles. The highest BCUT2D eigenvalue weighted by Crippen LogP contribution is 2.60. The van der Waals surface area contributed by atoms with Crippen LogP contribution in [0.1, 0.15) is 68.7 Å². The number of fused-ring (bicyclic) bond motifs is 3. The van der Waals surface area contributed by atoms with Gasteiger partial charge >= 0.3 is 0 Å². The highest BCUT2D eigenvalue weighted by molar-refractivity contribution is 6.08. The molecule has 7 rings (SSSR count). The Labute approximate surface area is 300 Å². The summed E-state index contributed by atoms with van der Waals surface area (Å²) >= 11 is 0. The first kappa shape index (κ1) is 35.0. The molecule has 0 saturated carbocycles. The maximum atomic E-state index is 14.9. The highest BCUT2D eigenvalue weighted by Gasteiger charge is 2.66. The predicted molar refractivity (Wildman–Crippen MR) is 197 cm³/mol. The van der Waals surface area contributed by atoms with Crippen LogP contribution in [0, 0.1) is 11.8 Å². The summed E-state index contributed by atoms with van der Waals surface area (Å²) < 4.78 is 12.7. The number of amides is 3. The first-order valence-electron chi connectivity index (χ1n) is 18.2. The molecular formula is C42H49N3O6. The molecule has 0 aliphatic carbocycles. The summed E-state index contributed by atoms with van der Waals surface area (Å²) in [6, 6.07) is 21.5. The summed E-state index contributed by atoms with van der Waals surface area (Å²) in [4.78, 5) is 47.8. The van der Waals surface area contributed by atoms with Crippen molar-refractivity contribution in [2.24, 2.45) is 11.8 Å². The molecule has 1 N–H and O–H groups in total. The Kier molecular flexibility index (Phi) is 9.31. The lowest BCUT2D eigenvalue weighted by atomic mass is 9.63. The molecule has 1 spiro atoms. The molecule has 3 amide bonds. The van der Waals surface area contributed by atoms with Crippen molar-refractivity contribution in [2.75, 3.05) is 36.6 Å². The summed E-state index contributed by atoms with van der Waals surface area (Å²) in [7, 11) is 1.64. The lowest BCUT2D eigenvalue weighted by Gasteiger charge is -2.40. The normalized spacial score (nSPS) is 26.0. The average Bonchev–Trinajstić information content (AvgIpc) is 3.57. The average molecular weight is 692 g/mol. The topological polar surface area (TPSA) is 99.6 Å². The number of rotatable bonds is 9. The van der Waals surface area contributed by atoms with Crippen molar-refractivity contribution in [3.8, 4) is 5.75 Å². The molecule has 2 fully saturated rings. The molecule has 5 atom stereocenters. The maximum Gasteiger partial charge on any atom is 0.264 e. The molecule has 268 valence electrons. The Balaban J connectivity index is 1.32. The van der Waals surface area contributed by atoms with Gasteiger partial charge in [-0.15, -0.1) is 6.58 Å². The number of benzene rings is 3. The van der Waals surface area contributed by atoms with Crippen molar-refractivity contribution < 1.29 is 29.0 Å². The molecule has 3 aromatic rings. The lowest BCUT2D eigenvalue weighted by molar-refractivity contribution is -0.151. The summed E-state index contributed by atoms with van der Waals surface area (Å²) in [5.74, 6) is -0.121. The van der Waals surface area contributed by atoms with Crippen molar-refractivity contribution >= 4 is 29.1 Å². The molecule has 9 nitrogen and oxygen atoms in total. The lowest BCUT2D eigenvalue weighted by Crippen LogP contribution is -2.48. The molecule has 0 radical (unpaired) electrons. The van der Waals surface area contributed by atoms with E-state index in [2.05, 4.69) is 33.4 Å². The molecule has 0 unspecified atom stereocenters. The second kappa shape index (κ2) is 13.6. The van der Waals surface area contributed by atoms with Gasteiger partial charge in [-0.2, -0.15) is 0 Å². The van der Waals surface area contributed by atoms with Gasteiger partial charge < -0.3 is 29.3 Å². The van der Waals surface area contributed by atoms with Gasteiger partial charge in [0.1, 0.15) is 5.75 Å². The standard InChI is InChI=1S/C42H49N3O6/c1-6-20-44-35-19-16-31(43-21-10-9-13-37(43)47)23-34(35)42(40(44)49)27(2)39(41(3,4)30-14-17-33(50-5)18-15-30)36(51-42)24-38(48)45-25-29-12-8-7-11-28(29)22-32(45)26-46/h6-8,11-12,14-19,23,27,32,36,39,46H,1,9-10,13,20-22,24-26H2,2-5H3/t27-,32-,36+,39-,42+/m0/s1. The van der Waals surface area contributed by atoms with Gasteiger partial charge in [0.2, 0.25) is 11.8 Å². The number of nitrogens with zero attached hydrogens (tertiary/aromatic N) is 3. The van der Waals surface area contributed by atoms with Crippen LogP contribution in [0.25, 0.3) is 0 Å². The molecule has 51 heavy (non-hydrogen) atoms. The summed E-state index contributed by atoms with van der Waals surface area (Å²) in [6.07, 6.45) is 3.98. The van der Waals surface area contributed by atoms with Crippen molar-refractivity contribution in [2.45, 2.75) is 82.6 Å². The van der Waals surface area contributed by atoms with E-state index >= 15 is 0 Å². The number of aliphatic hydroxyl groups excluding tert-OH is 1. The van der Waals surface area contributed by atoms with Crippen LogP contribution in [0.4, 0.5) is 11.4 Å². The fourth-order valence-corrected chi connectivity index (χ4v) is 9.39. The molecule has 4 aliphatic rings. The monoisotopic (exact) mass is 691 g/mol. The Morgan fingerprint density at radius 2 is 1.82 bits per heavy atom. The first-order valence-corrected chi connectivity index (χ1v) is 18.2. The van der Waals surface area contributed by atoms with E-state index in [4.69, 9.17) is 9.47 Å². The number of hydrogen-bond acceptors (Lipinski definition) is 6. The minimum absolute atomic E-state index is 0.0450. The van der Waals surface area contributed by atoms with Crippen LogP contribution < -0.4 is 14.5 Å². The number of methoxy groups -OCH3 is 1. The number of aliphatic hydroxyl groups is 1. The van der Waals surface area contributed by atoms with Crippen molar-refractivity contribution in [3.05, 3.63) is 102 Å². The second-order valence-corrected chi connectivity index (χ2v) is 15.1. The Hall–Kier alpha value is -4.47. The van der Waals surface area contributed by atoms with Crippen LogP contribution in [0.15, 0.2) is 79.4 Å². The minimum atomic E-state index is -1.39. The van der Waals surface area contributed by atoms with E-state index in [9.17, 15) is 19.5 Å². The number of ether oxygens (including phenoxy) is 2. The number of carbonyl (C=O) groups is 3. The van der Waals surface area contributed by atoms with Gasteiger partial charge in [-0.1, -0.05) is 63.2 Å². The molecule has 9 heteroatoms. The zero-order chi connectivity index (χ0) is 36.1. The third-order valence-corrected chi connectivity index (χ3v) is 12.0. The zero-order valence-electron chi connectivity index (χ0n) is 30.1. The fourth-order valence-electron chi connectivity index (χ4n) is 9.39. The number of piperidine rings is 1. The van der Waals surface area contributed by atoms with Gasteiger partial charge in [0, 0.05) is 49.1 Å². The Morgan fingerprint density at radius 3 is 2.51 bits per heavy atom. The Morgan fingerprint density at radius 1 is 1.08 bits per heavy atom. The van der Waals surface area contributed by atoms with Crippen molar-refractivity contribution in [1.29, 1.82) is 0 Å². The zero-order valence-corrected chi connectivity index (χ0v) is 30.1. The molecule has 4 heterocycles. The molecule has 0 aromatic heterocycles. The van der Waals surface area contributed by atoms with Crippen molar-refractivity contribution in [3.63, 3.8) is 0 Å². The fraction of sp³-hybridized carbons (Fsp3) is 0.452. The largest absolute Gasteiger partial charge is 0.497 e. The number of hydrogen-bond donors (Lipinski definition) is 1. The van der Waals surface area contributed by atoms with Gasteiger partial charge in [0.15, 0.2) is 5.60 Å². The van der Waals surface area contributed by atoms with E-state index in [1.165, 1.54) is 0 Å². The van der Waals surface area contributed by atoms with Crippen LogP contribution in [-0.4, -0.2) is 66.7 Å². The minimum Gasteiger partial charge on any atom is -0.497 e. The molecule has 3 aromatic carbocycles. The van der Waals surface area contributed by atoms with Crippen LogP contribution in [0.3, 0.4) is 0 Å². The SMILES string of the molecule is C=CCN1C(=O)[C@]2(O[C@H](CC(=O)N3Cc4ccccc4C[C@H]3CO)[C@@H](C(C)(C)c3ccc(OC)cc3)[C@@H]2C)c2cc(N3CCCCC3=O)ccc21. The van der Waals surface area contributed by atoms with E-state index in [0.717, 1.165) is 52.2 Å². The van der Waals surface area contributed by atoms with Crippen LogP contribution in [-0.2, 0) is 43.1 Å². The summed E-state index contributed by atoms with van der Waals surface area (Å²) in [6.45, 7) is 11.5. The predicted octanol–water partition coefficient (Wildman–Crippen LogP) is 5.90.